The third-order valence-electron chi connectivity index (χ3n) is 14.0. The lowest BCUT2D eigenvalue weighted by molar-refractivity contribution is 0.482. The van der Waals surface area contributed by atoms with Crippen LogP contribution in [0.4, 0.5) is 17.1 Å². The van der Waals surface area contributed by atoms with Gasteiger partial charge in [0.2, 0.25) is 0 Å². The van der Waals surface area contributed by atoms with Gasteiger partial charge >= 0.3 is 0 Å². The molecule has 1 aliphatic carbocycles. The largest absolute Gasteiger partial charge is 0.457 e. The van der Waals surface area contributed by atoms with E-state index >= 15 is 0 Å². The maximum absolute atomic E-state index is 8.87. The summed E-state index contributed by atoms with van der Waals surface area (Å²) in [7, 11) is 0. The van der Waals surface area contributed by atoms with E-state index in [-0.39, 0.29) is 29.9 Å². The van der Waals surface area contributed by atoms with E-state index < -0.39 is 11.5 Å². The van der Waals surface area contributed by atoms with Crippen LogP contribution in [-0.2, 0) is 5.41 Å². The molecule has 1 aromatic heterocycles. The molecule has 0 radical (unpaired) electrons. The Labute approximate surface area is 415 Å². The summed E-state index contributed by atoms with van der Waals surface area (Å²) in [6, 6.07) is 79.2. The number of ether oxygens (including phenoxy) is 1. The standard InChI is InChI=1S/C67H46N2O/c1-2-46-25-37-57(38-26-46)70-58-39-31-52(32-40-58)67(51-17-5-3-6-18-51)63-23-13-11-21-59(63)60-41-36-56(45-64(60)67)68(55-35-29-47-15-9-10-16-49(47)43-55)54-33-27-48(28-34-54)50-30-42-66-62(44-50)61-22-12-14-24-65(61)69(66)53-19-7-4-8-20-53/h2-45H,1H2/i4D,7D,8D,19D,20D. The maximum atomic E-state index is 8.87. The van der Waals surface area contributed by atoms with Gasteiger partial charge < -0.3 is 14.2 Å². The molecule has 12 aromatic rings. The Morgan fingerprint density at radius 1 is 0.457 bits per heavy atom. The van der Waals surface area contributed by atoms with Crippen molar-refractivity contribution in [3.05, 3.63) is 295 Å². The summed E-state index contributed by atoms with van der Waals surface area (Å²) in [5, 5.41) is 4.13. The summed E-state index contributed by atoms with van der Waals surface area (Å²) < 4.78 is 51.1. The van der Waals surface area contributed by atoms with Crippen molar-refractivity contribution in [2.75, 3.05) is 4.90 Å². The molecule has 0 saturated carbocycles. The Morgan fingerprint density at radius 3 is 1.87 bits per heavy atom. The third kappa shape index (κ3) is 6.74. The van der Waals surface area contributed by atoms with Crippen LogP contribution in [0.15, 0.2) is 267 Å². The van der Waals surface area contributed by atoms with Gasteiger partial charge in [0.05, 0.1) is 23.3 Å². The Kier molecular flexibility index (Phi) is 8.65. The zero-order chi connectivity index (χ0) is 51.0. The molecular formula is C67H46N2O. The van der Waals surface area contributed by atoms with E-state index in [0.29, 0.717) is 0 Å². The minimum absolute atomic E-state index is 0.129. The van der Waals surface area contributed by atoms with E-state index in [2.05, 4.69) is 181 Å². The van der Waals surface area contributed by atoms with E-state index in [0.717, 1.165) is 89.0 Å². The minimum Gasteiger partial charge on any atom is -0.457 e. The number of para-hydroxylation sites is 2. The van der Waals surface area contributed by atoms with Crippen LogP contribution >= 0.6 is 0 Å². The molecule has 0 aliphatic heterocycles. The smallest absolute Gasteiger partial charge is 0.127 e. The second-order valence-electron chi connectivity index (χ2n) is 17.8. The molecule has 330 valence electrons. The monoisotopic (exact) mass is 899 g/mol. The van der Waals surface area contributed by atoms with Gasteiger partial charge in [-0.25, -0.2) is 0 Å². The minimum atomic E-state index is -0.670. The number of anilines is 3. The first-order valence-corrected chi connectivity index (χ1v) is 23.5. The number of fused-ring (bicyclic) bond motifs is 7. The van der Waals surface area contributed by atoms with Crippen molar-refractivity contribution >= 4 is 55.7 Å². The van der Waals surface area contributed by atoms with Crippen LogP contribution in [0.2, 0.25) is 0 Å². The van der Waals surface area contributed by atoms with Crippen LogP contribution in [0.1, 0.15) is 34.7 Å². The third-order valence-corrected chi connectivity index (χ3v) is 14.0. The highest BCUT2D eigenvalue weighted by Gasteiger charge is 2.46. The average molecular weight is 900 g/mol. The molecule has 1 unspecified atom stereocenters. The van der Waals surface area contributed by atoms with Gasteiger partial charge in [0, 0.05) is 33.5 Å². The van der Waals surface area contributed by atoms with E-state index in [9.17, 15) is 0 Å². The SMILES string of the molecule is [2H]c1c([2H])c([2H])c(-n2c3ccccc3c3cc(-c4ccc(N(c5ccc6c(c5)C(c5ccccc5)(c5ccc(Oc7ccc(C=C)cc7)cc5)c5ccccc5-6)c5ccc6ccccc6c5)cc4)ccc32)c([2H])c1[2H]. The summed E-state index contributed by atoms with van der Waals surface area (Å²) in [6.07, 6.45) is 1.83. The van der Waals surface area contributed by atoms with Crippen molar-refractivity contribution in [1.82, 2.24) is 4.57 Å². The molecule has 3 nitrogen and oxygen atoms in total. The highest BCUT2D eigenvalue weighted by molar-refractivity contribution is 6.10. The van der Waals surface area contributed by atoms with Crippen molar-refractivity contribution in [1.29, 1.82) is 0 Å². The lowest BCUT2D eigenvalue weighted by Gasteiger charge is -2.35. The molecule has 70 heavy (non-hydrogen) atoms. The van der Waals surface area contributed by atoms with E-state index in [1.54, 1.807) is 4.57 Å². The molecule has 3 heteroatoms. The van der Waals surface area contributed by atoms with Crippen LogP contribution in [-0.4, -0.2) is 4.57 Å². The summed E-state index contributed by atoms with van der Waals surface area (Å²) in [5.41, 5.74) is 14.1. The fraction of sp³-hybridized carbons (Fsp3) is 0.0149. The topological polar surface area (TPSA) is 17.4 Å². The summed E-state index contributed by atoms with van der Waals surface area (Å²) in [6.45, 7) is 3.89. The Morgan fingerprint density at radius 2 is 1.07 bits per heavy atom. The molecule has 0 fully saturated rings. The zero-order valence-corrected chi connectivity index (χ0v) is 38.0. The maximum Gasteiger partial charge on any atom is 0.127 e. The van der Waals surface area contributed by atoms with Crippen molar-refractivity contribution < 1.29 is 11.6 Å². The van der Waals surface area contributed by atoms with Gasteiger partial charge in [0.25, 0.3) is 0 Å². The Balaban J connectivity index is 0.949. The molecule has 0 saturated heterocycles. The second kappa shape index (κ2) is 16.9. The summed E-state index contributed by atoms with van der Waals surface area (Å²) >= 11 is 0. The quantitative estimate of drug-likeness (QED) is 0.136. The Hall–Kier alpha value is -9.18. The van der Waals surface area contributed by atoms with Gasteiger partial charge in [0.1, 0.15) is 11.5 Å². The van der Waals surface area contributed by atoms with Gasteiger partial charge in [-0.05, 0) is 152 Å². The number of rotatable bonds is 10. The lowest BCUT2D eigenvalue weighted by atomic mass is 9.67. The first-order valence-electron chi connectivity index (χ1n) is 26.0. The Bertz CT molecular complexity index is 4200. The number of nitrogens with zero attached hydrogens (tertiary/aromatic N) is 2. The van der Waals surface area contributed by atoms with Crippen molar-refractivity contribution in [2.45, 2.75) is 5.41 Å². The molecule has 0 bridgehead atoms. The van der Waals surface area contributed by atoms with E-state index in [1.165, 1.54) is 22.3 Å². The average Bonchev–Trinajstić information content (AvgIpc) is 4.06. The molecule has 1 heterocycles. The predicted molar refractivity (Wildman–Crippen MR) is 292 cm³/mol. The molecule has 1 aliphatic rings. The lowest BCUT2D eigenvalue weighted by Crippen LogP contribution is -2.28. The molecular weight excluding hydrogens is 849 g/mol. The number of aromatic nitrogens is 1. The number of hydrogen-bond acceptors (Lipinski definition) is 2. The van der Waals surface area contributed by atoms with Crippen LogP contribution in [0.5, 0.6) is 11.5 Å². The van der Waals surface area contributed by atoms with Gasteiger partial charge in [0.15, 0.2) is 0 Å². The molecule has 13 rings (SSSR count). The number of hydrogen-bond donors (Lipinski definition) is 0. The van der Waals surface area contributed by atoms with Gasteiger partial charge in [-0.15, -0.1) is 0 Å². The summed E-state index contributed by atoms with van der Waals surface area (Å²) in [5.74, 6) is 1.51. The van der Waals surface area contributed by atoms with Gasteiger partial charge in [-0.3, -0.25) is 0 Å². The highest BCUT2D eigenvalue weighted by Crippen LogP contribution is 2.57. The van der Waals surface area contributed by atoms with E-state index in [1.807, 2.05) is 66.7 Å². The first kappa shape index (κ1) is 35.9. The van der Waals surface area contributed by atoms with Crippen molar-refractivity contribution in [3.8, 4) is 39.4 Å². The molecule has 11 aromatic carbocycles. The molecule has 0 spiro atoms. The van der Waals surface area contributed by atoms with Gasteiger partial charge in [-0.1, -0.05) is 182 Å². The fourth-order valence-electron chi connectivity index (χ4n) is 10.8. The van der Waals surface area contributed by atoms with Crippen LogP contribution in [0.3, 0.4) is 0 Å². The molecule has 1 atom stereocenters. The van der Waals surface area contributed by atoms with Crippen molar-refractivity contribution in [3.63, 3.8) is 0 Å². The normalized spacial score (nSPS) is 14.8. The molecule has 0 N–H and O–H groups in total. The zero-order valence-electron chi connectivity index (χ0n) is 43.0. The van der Waals surface area contributed by atoms with E-state index in [4.69, 9.17) is 11.6 Å². The van der Waals surface area contributed by atoms with Crippen LogP contribution < -0.4 is 9.64 Å². The highest BCUT2D eigenvalue weighted by atomic mass is 16.5. The summed E-state index contributed by atoms with van der Waals surface area (Å²) in [4.78, 5) is 2.35. The van der Waals surface area contributed by atoms with Crippen LogP contribution in [0.25, 0.3) is 66.6 Å². The first-order chi connectivity index (χ1) is 36.7. The van der Waals surface area contributed by atoms with Crippen LogP contribution in [0, 0.1) is 0 Å². The van der Waals surface area contributed by atoms with Crippen molar-refractivity contribution in [2.24, 2.45) is 0 Å². The predicted octanol–water partition coefficient (Wildman–Crippen LogP) is 17.9. The number of benzene rings is 11. The van der Waals surface area contributed by atoms with Gasteiger partial charge in [-0.2, -0.15) is 0 Å². The molecule has 0 amide bonds. The fourth-order valence-corrected chi connectivity index (χ4v) is 10.8. The second-order valence-corrected chi connectivity index (χ2v) is 17.8.